The molecular weight excluding hydrogens is 372 g/mol. The van der Waals surface area contributed by atoms with E-state index in [1.807, 2.05) is 30.3 Å². The normalized spacial score (nSPS) is 11.5. The van der Waals surface area contributed by atoms with Crippen LogP contribution in [0, 0.1) is 0 Å². The summed E-state index contributed by atoms with van der Waals surface area (Å²) in [5, 5.41) is 5.59. The highest BCUT2D eigenvalue weighted by atomic mass is 16.5. The van der Waals surface area contributed by atoms with Crippen molar-refractivity contribution in [1.82, 2.24) is 20.6 Å². The number of rotatable bonds is 12. The highest BCUT2D eigenvalue weighted by Crippen LogP contribution is 2.14. The molecule has 8 heteroatoms. The number of hydrogen-bond acceptors (Lipinski definition) is 5. The van der Waals surface area contributed by atoms with Gasteiger partial charge in [0.05, 0.1) is 37.2 Å². The summed E-state index contributed by atoms with van der Waals surface area (Å²) in [4.78, 5) is 42.6. The van der Waals surface area contributed by atoms with Crippen molar-refractivity contribution in [2.45, 2.75) is 45.1 Å². The van der Waals surface area contributed by atoms with Gasteiger partial charge in [-0.25, -0.2) is 4.98 Å². The van der Waals surface area contributed by atoms with Crippen LogP contribution < -0.4 is 10.6 Å². The Morgan fingerprint density at radius 1 is 1.17 bits per heavy atom. The van der Waals surface area contributed by atoms with Crippen molar-refractivity contribution in [3.63, 3.8) is 0 Å². The van der Waals surface area contributed by atoms with Crippen molar-refractivity contribution in [1.29, 1.82) is 0 Å². The van der Waals surface area contributed by atoms with E-state index in [0.717, 1.165) is 12.8 Å². The number of benzene rings is 1. The van der Waals surface area contributed by atoms with Gasteiger partial charge in [0.15, 0.2) is 0 Å². The first-order valence-corrected chi connectivity index (χ1v) is 9.82. The number of ether oxygens (including phenoxy) is 1. The first-order valence-electron chi connectivity index (χ1n) is 9.82. The van der Waals surface area contributed by atoms with Crippen LogP contribution in [-0.4, -0.2) is 40.9 Å². The first-order chi connectivity index (χ1) is 14.1. The zero-order valence-corrected chi connectivity index (χ0v) is 16.6. The van der Waals surface area contributed by atoms with E-state index in [1.54, 1.807) is 13.1 Å². The number of imidazole rings is 1. The molecule has 156 valence electrons. The SMILES string of the molecule is CCC(=O)OCCNC(=O)CC(NC(=O)CCCc1ccccc1)c1cnc[nH]1. The van der Waals surface area contributed by atoms with Crippen LogP contribution >= 0.6 is 0 Å². The maximum Gasteiger partial charge on any atom is 0.305 e. The third-order valence-corrected chi connectivity index (χ3v) is 4.31. The van der Waals surface area contributed by atoms with Crippen LogP contribution in [0.5, 0.6) is 0 Å². The molecule has 1 aromatic carbocycles. The number of carbonyl (C=O) groups is 3. The Balaban J connectivity index is 1.77. The minimum absolute atomic E-state index is 0.0638. The lowest BCUT2D eigenvalue weighted by Gasteiger charge is -2.17. The largest absolute Gasteiger partial charge is 0.464 e. The van der Waals surface area contributed by atoms with Crippen LogP contribution in [0.25, 0.3) is 0 Å². The molecule has 0 saturated carbocycles. The van der Waals surface area contributed by atoms with Crippen LogP contribution in [0.4, 0.5) is 0 Å². The van der Waals surface area contributed by atoms with Crippen molar-refractivity contribution in [3.05, 3.63) is 54.1 Å². The number of esters is 1. The number of aromatic amines is 1. The van der Waals surface area contributed by atoms with Gasteiger partial charge < -0.3 is 20.4 Å². The molecule has 0 spiro atoms. The standard InChI is InChI=1S/C21H28N4O4/c1-2-21(28)29-12-11-23-20(27)13-17(18-14-22-15-24-18)25-19(26)10-6-9-16-7-4-3-5-8-16/h3-5,7-8,14-15,17H,2,6,9-13H2,1H3,(H,22,24)(H,23,27)(H,25,26). The lowest BCUT2D eigenvalue weighted by molar-refractivity contribution is -0.143. The van der Waals surface area contributed by atoms with Crippen LogP contribution in [0.1, 0.15) is 49.9 Å². The summed E-state index contributed by atoms with van der Waals surface area (Å²) in [6.45, 7) is 2.06. The maximum atomic E-state index is 12.4. The molecule has 3 N–H and O–H groups in total. The smallest absolute Gasteiger partial charge is 0.305 e. The molecular formula is C21H28N4O4. The van der Waals surface area contributed by atoms with Crippen LogP contribution in [0.2, 0.25) is 0 Å². The molecule has 0 aliphatic heterocycles. The Labute approximate surface area is 170 Å². The van der Waals surface area contributed by atoms with Crippen molar-refractivity contribution < 1.29 is 19.1 Å². The lowest BCUT2D eigenvalue weighted by atomic mass is 10.1. The van der Waals surface area contributed by atoms with Gasteiger partial charge in [-0.2, -0.15) is 0 Å². The maximum absolute atomic E-state index is 12.4. The van der Waals surface area contributed by atoms with E-state index in [4.69, 9.17) is 4.74 Å². The van der Waals surface area contributed by atoms with Crippen molar-refractivity contribution >= 4 is 17.8 Å². The van der Waals surface area contributed by atoms with E-state index in [1.165, 1.54) is 11.9 Å². The number of nitrogens with one attached hydrogen (secondary N) is 3. The molecule has 0 bridgehead atoms. The summed E-state index contributed by atoms with van der Waals surface area (Å²) < 4.78 is 4.92. The highest BCUT2D eigenvalue weighted by Gasteiger charge is 2.19. The van der Waals surface area contributed by atoms with Gasteiger partial charge in [-0.3, -0.25) is 14.4 Å². The fraction of sp³-hybridized carbons (Fsp3) is 0.429. The average molecular weight is 400 g/mol. The zero-order chi connectivity index (χ0) is 20.9. The lowest BCUT2D eigenvalue weighted by Crippen LogP contribution is -2.35. The molecule has 8 nitrogen and oxygen atoms in total. The minimum atomic E-state index is -0.500. The molecule has 2 aromatic rings. The molecule has 0 radical (unpaired) electrons. The highest BCUT2D eigenvalue weighted by molar-refractivity contribution is 5.80. The van der Waals surface area contributed by atoms with Gasteiger partial charge >= 0.3 is 5.97 Å². The fourth-order valence-corrected chi connectivity index (χ4v) is 2.78. The summed E-state index contributed by atoms with van der Waals surface area (Å²) in [6.07, 6.45) is 5.37. The molecule has 1 unspecified atom stereocenters. The third-order valence-electron chi connectivity index (χ3n) is 4.31. The van der Waals surface area contributed by atoms with E-state index in [2.05, 4.69) is 20.6 Å². The fourth-order valence-electron chi connectivity index (χ4n) is 2.78. The Hall–Kier alpha value is -3.16. The predicted octanol–water partition coefficient (Wildman–Crippen LogP) is 2.05. The van der Waals surface area contributed by atoms with Crippen molar-refractivity contribution in [2.75, 3.05) is 13.2 Å². The Morgan fingerprint density at radius 2 is 1.97 bits per heavy atom. The second-order valence-electron chi connectivity index (χ2n) is 6.59. The Morgan fingerprint density at radius 3 is 2.66 bits per heavy atom. The van der Waals surface area contributed by atoms with Crippen molar-refractivity contribution in [3.8, 4) is 0 Å². The number of aromatic nitrogens is 2. The summed E-state index contributed by atoms with van der Waals surface area (Å²) in [5.74, 6) is -0.677. The number of H-pyrrole nitrogens is 1. The van der Waals surface area contributed by atoms with E-state index in [-0.39, 0.29) is 37.4 Å². The number of nitrogens with zero attached hydrogens (tertiary/aromatic N) is 1. The number of amides is 2. The van der Waals surface area contributed by atoms with Crippen LogP contribution in [0.3, 0.4) is 0 Å². The quantitative estimate of drug-likeness (QED) is 0.373. The molecule has 0 aliphatic rings. The van der Waals surface area contributed by atoms with E-state index in [9.17, 15) is 14.4 Å². The molecule has 0 saturated heterocycles. The molecule has 1 heterocycles. The number of carbonyl (C=O) groups excluding carboxylic acids is 3. The van der Waals surface area contributed by atoms with E-state index < -0.39 is 6.04 Å². The average Bonchev–Trinajstić information content (AvgIpc) is 3.26. The number of hydrogen-bond donors (Lipinski definition) is 3. The molecule has 1 aromatic heterocycles. The van der Waals surface area contributed by atoms with E-state index >= 15 is 0 Å². The Bertz CT molecular complexity index is 762. The van der Waals surface area contributed by atoms with Gasteiger partial charge in [0.1, 0.15) is 6.61 Å². The van der Waals surface area contributed by atoms with Gasteiger partial charge in [0.2, 0.25) is 11.8 Å². The monoisotopic (exact) mass is 400 g/mol. The van der Waals surface area contributed by atoms with Gasteiger partial charge in [-0.1, -0.05) is 37.3 Å². The van der Waals surface area contributed by atoms with Crippen molar-refractivity contribution in [2.24, 2.45) is 0 Å². The van der Waals surface area contributed by atoms with Gasteiger partial charge in [0.25, 0.3) is 0 Å². The molecule has 1 atom stereocenters. The first kappa shape index (κ1) is 22.1. The van der Waals surface area contributed by atoms with Gasteiger partial charge in [-0.15, -0.1) is 0 Å². The predicted molar refractivity (Wildman–Crippen MR) is 108 cm³/mol. The second-order valence-corrected chi connectivity index (χ2v) is 6.59. The summed E-state index contributed by atoms with van der Waals surface area (Å²) in [5.41, 5.74) is 1.85. The number of aryl methyl sites for hydroxylation is 1. The summed E-state index contributed by atoms with van der Waals surface area (Å²) in [7, 11) is 0. The Kier molecular flexibility index (Phi) is 9.41. The summed E-state index contributed by atoms with van der Waals surface area (Å²) >= 11 is 0. The van der Waals surface area contributed by atoms with Crippen LogP contribution in [0.15, 0.2) is 42.9 Å². The molecule has 29 heavy (non-hydrogen) atoms. The van der Waals surface area contributed by atoms with Gasteiger partial charge in [-0.05, 0) is 18.4 Å². The third kappa shape index (κ3) is 8.59. The minimum Gasteiger partial charge on any atom is -0.464 e. The van der Waals surface area contributed by atoms with Gasteiger partial charge in [0, 0.05) is 12.8 Å². The summed E-state index contributed by atoms with van der Waals surface area (Å²) in [6, 6.07) is 9.49. The molecule has 0 fully saturated rings. The topological polar surface area (TPSA) is 113 Å². The zero-order valence-electron chi connectivity index (χ0n) is 16.6. The second kappa shape index (κ2) is 12.3. The van der Waals surface area contributed by atoms with Crippen LogP contribution in [-0.2, 0) is 25.5 Å². The molecule has 0 aliphatic carbocycles. The molecule has 2 rings (SSSR count). The van der Waals surface area contributed by atoms with E-state index in [0.29, 0.717) is 18.5 Å². The molecule has 2 amide bonds.